The van der Waals surface area contributed by atoms with Gasteiger partial charge in [0.2, 0.25) is 5.88 Å². The first-order valence-electron chi connectivity index (χ1n) is 8.35. The number of amides is 2. The number of ether oxygens (including phenoxy) is 1. The quantitative estimate of drug-likeness (QED) is 0.470. The Hall–Kier alpha value is -4.14. The minimum absolute atomic E-state index is 0.143. The van der Waals surface area contributed by atoms with Crippen molar-refractivity contribution in [1.82, 2.24) is 19.5 Å². The van der Waals surface area contributed by atoms with Gasteiger partial charge >= 0.3 is 6.03 Å². The zero-order valence-corrected chi connectivity index (χ0v) is 14.8. The van der Waals surface area contributed by atoms with Crippen molar-refractivity contribution in [3.8, 4) is 17.4 Å². The van der Waals surface area contributed by atoms with E-state index in [0.717, 1.165) is 11.0 Å². The molecule has 0 atom stereocenters. The van der Waals surface area contributed by atoms with Gasteiger partial charge < -0.3 is 25.0 Å². The van der Waals surface area contributed by atoms with Gasteiger partial charge in [0.1, 0.15) is 23.3 Å². The van der Waals surface area contributed by atoms with Crippen molar-refractivity contribution < 1.29 is 14.6 Å². The number of aromatic hydroxyl groups is 1. The highest BCUT2D eigenvalue weighted by Gasteiger charge is 2.12. The predicted octanol–water partition coefficient (Wildman–Crippen LogP) is 3.51. The van der Waals surface area contributed by atoms with Crippen molar-refractivity contribution in [1.29, 1.82) is 0 Å². The first-order valence-corrected chi connectivity index (χ1v) is 8.35. The summed E-state index contributed by atoms with van der Waals surface area (Å²) in [5, 5.41) is 15.4. The molecular formula is C19H16N6O3. The molecule has 3 N–H and O–H groups in total. The third-order valence-corrected chi connectivity index (χ3v) is 3.98. The molecule has 0 aliphatic carbocycles. The SMILES string of the molecule is Cn1ccc2ncnc(Oc3ccc(NC(=O)Nc4cccnc4)c(O)c3)c21. The molecule has 4 aromatic rings. The lowest BCUT2D eigenvalue weighted by atomic mass is 10.2. The zero-order valence-electron chi connectivity index (χ0n) is 14.8. The van der Waals surface area contributed by atoms with Gasteiger partial charge in [-0.1, -0.05) is 0 Å². The molecule has 28 heavy (non-hydrogen) atoms. The highest BCUT2D eigenvalue weighted by Crippen LogP contribution is 2.32. The normalized spacial score (nSPS) is 10.6. The van der Waals surface area contributed by atoms with Gasteiger partial charge in [-0.2, -0.15) is 4.98 Å². The van der Waals surface area contributed by atoms with Crippen LogP contribution in [0.2, 0.25) is 0 Å². The summed E-state index contributed by atoms with van der Waals surface area (Å²) in [7, 11) is 1.86. The number of carbonyl (C=O) groups is 1. The van der Waals surface area contributed by atoms with E-state index in [9.17, 15) is 9.90 Å². The fourth-order valence-corrected chi connectivity index (χ4v) is 2.67. The van der Waals surface area contributed by atoms with Gasteiger partial charge in [0, 0.05) is 25.5 Å². The van der Waals surface area contributed by atoms with E-state index in [1.807, 2.05) is 23.9 Å². The van der Waals surface area contributed by atoms with Crippen molar-refractivity contribution in [3.05, 3.63) is 61.3 Å². The summed E-state index contributed by atoms with van der Waals surface area (Å²) in [4.78, 5) is 24.3. The van der Waals surface area contributed by atoms with Crippen LogP contribution >= 0.6 is 0 Å². The lowest BCUT2D eigenvalue weighted by Crippen LogP contribution is -2.19. The topological polar surface area (TPSA) is 114 Å². The Morgan fingerprint density at radius 1 is 1.18 bits per heavy atom. The highest BCUT2D eigenvalue weighted by molar-refractivity contribution is 6.00. The second-order valence-corrected chi connectivity index (χ2v) is 5.94. The molecule has 2 amide bonds. The predicted molar refractivity (Wildman–Crippen MR) is 104 cm³/mol. The summed E-state index contributed by atoms with van der Waals surface area (Å²) in [6.45, 7) is 0. The first-order chi connectivity index (χ1) is 13.6. The van der Waals surface area contributed by atoms with E-state index in [0.29, 0.717) is 17.3 Å². The number of carbonyl (C=O) groups excluding carboxylic acids is 1. The minimum atomic E-state index is -0.502. The van der Waals surface area contributed by atoms with Crippen LogP contribution in [0.4, 0.5) is 16.2 Å². The maximum Gasteiger partial charge on any atom is 0.323 e. The van der Waals surface area contributed by atoms with Crippen LogP contribution in [-0.4, -0.2) is 30.7 Å². The summed E-state index contributed by atoms with van der Waals surface area (Å²) in [6, 6.07) is 9.32. The standard InChI is InChI=1S/C19H16N6O3/c1-25-8-6-15-17(25)18(22-11-21-15)28-13-4-5-14(16(26)9-13)24-19(27)23-12-3-2-7-20-10-12/h2-11,26H,1H3,(H2,23,24,27). The molecule has 0 bridgehead atoms. The second kappa shape index (κ2) is 7.23. The third kappa shape index (κ3) is 3.54. The summed E-state index contributed by atoms with van der Waals surface area (Å²) in [6.07, 6.45) is 6.39. The lowest BCUT2D eigenvalue weighted by molar-refractivity contribution is 0.262. The number of phenols is 1. The first kappa shape index (κ1) is 17.3. The van der Waals surface area contributed by atoms with Gasteiger partial charge in [0.15, 0.2) is 0 Å². The van der Waals surface area contributed by atoms with E-state index in [-0.39, 0.29) is 11.4 Å². The molecule has 4 rings (SSSR count). The van der Waals surface area contributed by atoms with Crippen LogP contribution in [0, 0.1) is 0 Å². The molecule has 0 fully saturated rings. The van der Waals surface area contributed by atoms with Crippen LogP contribution in [0.25, 0.3) is 11.0 Å². The molecule has 1 aromatic carbocycles. The molecule has 140 valence electrons. The Morgan fingerprint density at radius 2 is 2.07 bits per heavy atom. The number of fused-ring (bicyclic) bond motifs is 1. The van der Waals surface area contributed by atoms with Crippen LogP contribution in [0.1, 0.15) is 0 Å². The largest absolute Gasteiger partial charge is 0.506 e. The lowest BCUT2D eigenvalue weighted by Gasteiger charge is -2.11. The Kier molecular flexibility index (Phi) is 4.47. The van der Waals surface area contributed by atoms with Gasteiger partial charge in [0.05, 0.1) is 23.1 Å². The van der Waals surface area contributed by atoms with E-state index in [1.54, 1.807) is 24.4 Å². The molecule has 9 nitrogen and oxygen atoms in total. The van der Waals surface area contributed by atoms with Crippen LogP contribution in [0.5, 0.6) is 17.4 Å². The van der Waals surface area contributed by atoms with Crippen LogP contribution in [0.15, 0.2) is 61.3 Å². The molecule has 0 radical (unpaired) electrons. The highest BCUT2D eigenvalue weighted by atomic mass is 16.5. The number of anilines is 2. The van der Waals surface area contributed by atoms with Gasteiger partial charge in [-0.3, -0.25) is 4.98 Å². The number of phenolic OH excluding ortho intramolecular Hbond substituents is 1. The monoisotopic (exact) mass is 376 g/mol. The summed E-state index contributed by atoms with van der Waals surface area (Å²) in [5.41, 5.74) is 2.26. The zero-order chi connectivity index (χ0) is 19.5. The maximum absolute atomic E-state index is 12.1. The van der Waals surface area contributed by atoms with Crippen LogP contribution in [-0.2, 0) is 7.05 Å². The molecule has 0 saturated carbocycles. The van der Waals surface area contributed by atoms with Crippen molar-refractivity contribution in [2.45, 2.75) is 0 Å². The fraction of sp³-hybridized carbons (Fsp3) is 0.0526. The van der Waals surface area contributed by atoms with Crippen molar-refractivity contribution in [3.63, 3.8) is 0 Å². The van der Waals surface area contributed by atoms with E-state index >= 15 is 0 Å². The number of nitrogens with one attached hydrogen (secondary N) is 2. The van der Waals surface area contributed by atoms with E-state index in [1.165, 1.54) is 24.7 Å². The number of rotatable bonds is 4. The Morgan fingerprint density at radius 3 is 2.86 bits per heavy atom. The number of nitrogens with zero attached hydrogens (tertiary/aromatic N) is 4. The van der Waals surface area contributed by atoms with Crippen LogP contribution < -0.4 is 15.4 Å². The molecule has 3 heterocycles. The van der Waals surface area contributed by atoms with Crippen molar-refractivity contribution >= 4 is 28.4 Å². The Balaban J connectivity index is 1.50. The summed E-state index contributed by atoms with van der Waals surface area (Å²) in [5.74, 6) is 0.597. The Labute approximate surface area is 159 Å². The van der Waals surface area contributed by atoms with E-state index in [2.05, 4.69) is 25.6 Å². The summed E-state index contributed by atoms with van der Waals surface area (Å²) >= 11 is 0. The van der Waals surface area contributed by atoms with Gasteiger partial charge in [-0.15, -0.1) is 0 Å². The van der Waals surface area contributed by atoms with Crippen molar-refractivity contribution in [2.24, 2.45) is 7.05 Å². The second-order valence-electron chi connectivity index (χ2n) is 5.94. The molecule has 0 aliphatic heterocycles. The summed E-state index contributed by atoms with van der Waals surface area (Å²) < 4.78 is 7.65. The molecule has 9 heteroatoms. The number of benzene rings is 1. The van der Waals surface area contributed by atoms with Crippen LogP contribution in [0.3, 0.4) is 0 Å². The maximum atomic E-state index is 12.1. The molecular weight excluding hydrogens is 360 g/mol. The Bertz CT molecular complexity index is 1140. The van der Waals surface area contributed by atoms with E-state index in [4.69, 9.17) is 4.74 Å². The average molecular weight is 376 g/mol. The number of hydrogen-bond donors (Lipinski definition) is 3. The fourth-order valence-electron chi connectivity index (χ4n) is 2.67. The average Bonchev–Trinajstić information content (AvgIpc) is 3.07. The number of aromatic nitrogens is 4. The molecule has 0 spiro atoms. The van der Waals surface area contributed by atoms with Gasteiger partial charge in [-0.05, 0) is 30.3 Å². The van der Waals surface area contributed by atoms with E-state index < -0.39 is 6.03 Å². The molecule has 3 aromatic heterocycles. The minimum Gasteiger partial charge on any atom is -0.506 e. The number of pyridine rings is 1. The molecule has 0 saturated heterocycles. The smallest absolute Gasteiger partial charge is 0.323 e. The van der Waals surface area contributed by atoms with Crippen molar-refractivity contribution in [2.75, 3.05) is 10.6 Å². The van der Waals surface area contributed by atoms with Gasteiger partial charge in [-0.25, -0.2) is 9.78 Å². The molecule has 0 unspecified atom stereocenters. The third-order valence-electron chi connectivity index (χ3n) is 3.98. The van der Waals surface area contributed by atoms with Gasteiger partial charge in [0.25, 0.3) is 0 Å². The number of hydrogen-bond acceptors (Lipinski definition) is 6. The number of urea groups is 1. The molecule has 0 aliphatic rings. The number of aryl methyl sites for hydroxylation is 1.